The molecule has 0 aromatic rings. The summed E-state index contributed by atoms with van der Waals surface area (Å²) in [4.78, 5) is 0. The third-order valence-corrected chi connectivity index (χ3v) is 4.20. The minimum absolute atomic E-state index is 0. The maximum Gasteiger partial charge on any atom is 2.00 e. The number of aliphatic hydroxyl groups excluding tert-OH is 12. The summed E-state index contributed by atoms with van der Waals surface area (Å²) >= 11 is 0. The van der Waals surface area contributed by atoms with E-state index >= 15 is 0 Å². The van der Waals surface area contributed by atoms with E-state index in [0.717, 1.165) is 0 Å². The summed E-state index contributed by atoms with van der Waals surface area (Å²) in [7, 11) is 0. The van der Waals surface area contributed by atoms with Crippen molar-refractivity contribution in [3.05, 3.63) is 0 Å². The summed E-state index contributed by atoms with van der Waals surface area (Å²) in [5.41, 5.74) is 0. The van der Waals surface area contributed by atoms with Crippen LogP contribution in [0.4, 0.5) is 0 Å². The van der Waals surface area contributed by atoms with Crippen LogP contribution in [-0.4, -0.2) is 135 Å². The van der Waals surface area contributed by atoms with Crippen LogP contribution in [0.25, 0.3) is 0 Å². The van der Waals surface area contributed by atoms with E-state index in [9.17, 15) is 0 Å². The Labute approximate surface area is 185 Å². The van der Waals surface area contributed by atoms with Gasteiger partial charge in [-0.15, -0.1) is 0 Å². The minimum Gasteiger partial charge on any atom is -0.387 e. The number of aliphatic hydroxyl groups is 12. The van der Waals surface area contributed by atoms with Gasteiger partial charge in [0.05, 0.1) is 0 Å². The molecule has 0 unspecified atom stereocenters. The van der Waals surface area contributed by atoms with Crippen LogP contribution >= 0.6 is 0 Å². The topological polar surface area (TPSA) is 243 Å². The van der Waals surface area contributed by atoms with E-state index in [4.69, 9.17) is 61.3 Å². The second kappa shape index (κ2) is 13.4. The SMILES string of the molecule is OC1C(O)C(O)C(O)C(O)C1O.OC1C(O)C(O)C(O)C(O)C1O.[Cu+2].[Cu].[Cu]. The minimum atomic E-state index is -1.64. The monoisotopic (exact) mass is 549 g/mol. The van der Waals surface area contributed by atoms with Crippen LogP contribution in [0.2, 0.25) is 0 Å². The van der Waals surface area contributed by atoms with Gasteiger partial charge in [-0.3, -0.25) is 0 Å². The molecule has 12 N–H and O–H groups in total. The Kier molecular flexibility index (Phi) is 16.2. The molecule has 0 amide bonds. The Morgan fingerprint density at radius 3 is 0.296 bits per heavy atom. The van der Waals surface area contributed by atoms with Gasteiger partial charge in [-0.2, -0.15) is 0 Å². The second-order valence-corrected chi connectivity index (χ2v) is 5.89. The first-order chi connectivity index (χ1) is 10.9. The first-order valence-electron chi connectivity index (χ1n) is 7.10. The zero-order chi connectivity index (χ0) is 18.9. The van der Waals surface area contributed by atoms with Gasteiger partial charge in [-0.05, 0) is 0 Å². The van der Waals surface area contributed by atoms with Crippen molar-refractivity contribution in [2.75, 3.05) is 0 Å². The van der Waals surface area contributed by atoms with E-state index < -0.39 is 73.2 Å². The van der Waals surface area contributed by atoms with E-state index in [2.05, 4.69) is 0 Å². The zero-order valence-electron chi connectivity index (χ0n) is 13.2. The normalized spacial score (nSPS) is 49.3. The molecule has 3 radical (unpaired) electrons. The molecule has 0 bridgehead atoms. The Bertz CT molecular complexity index is 257. The number of hydrogen-bond acceptors (Lipinski definition) is 12. The van der Waals surface area contributed by atoms with Crippen molar-refractivity contribution < 1.29 is 112 Å². The van der Waals surface area contributed by atoms with Crippen LogP contribution in [0, 0.1) is 0 Å². The van der Waals surface area contributed by atoms with Crippen LogP contribution in [0.15, 0.2) is 0 Å². The van der Waals surface area contributed by atoms with Crippen LogP contribution in [0.5, 0.6) is 0 Å². The summed E-state index contributed by atoms with van der Waals surface area (Å²) in [6, 6.07) is 0. The van der Waals surface area contributed by atoms with Gasteiger partial charge >= 0.3 is 17.1 Å². The first kappa shape index (κ1) is 32.7. The van der Waals surface area contributed by atoms with Crippen LogP contribution in [-0.2, 0) is 51.2 Å². The molecule has 0 aromatic carbocycles. The molecule has 0 heterocycles. The molecule has 12 nitrogen and oxygen atoms in total. The molecule has 0 saturated heterocycles. The predicted molar refractivity (Wildman–Crippen MR) is 72.1 cm³/mol. The Hall–Kier alpha value is 1.08. The van der Waals surface area contributed by atoms with Crippen molar-refractivity contribution in [2.24, 2.45) is 0 Å². The number of hydrogen-bond donors (Lipinski definition) is 12. The third kappa shape index (κ3) is 7.07. The number of rotatable bonds is 0. The molecule has 2 rings (SSSR count). The van der Waals surface area contributed by atoms with Gasteiger partial charge in [0.25, 0.3) is 0 Å². The standard InChI is InChI=1S/2C6H12O6.3Cu/c2*7-1-2(8)4(10)6(12)5(11)3(1)9;;;/h2*1-12H;;;/q;;;;+2. The largest absolute Gasteiger partial charge is 2.00 e. The van der Waals surface area contributed by atoms with Crippen molar-refractivity contribution in [3.63, 3.8) is 0 Å². The smallest absolute Gasteiger partial charge is 0.387 e. The van der Waals surface area contributed by atoms with Crippen molar-refractivity contribution in [2.45, 2.75) is 73.2 Å². The van der Waals surface area contributed by atoms with Gasteiger partial charge in [-0.1, -0.05) is 0 Å². The van der Waals surface area contributed by atoms with Gasteiger partial charge in [0.15, 0.2) is 0 Å². The molecular weight excluding hydrogens is 527 g/mol. The van der Waals surface area contributed by atoms with Crippen molar-refractivity contribution >= 4 is 0 Å². The Morgan fingerprint density at radius 2 is 0.259 bits per heavy atom. The summed E-state index contributed by atoms with van der Waals surface area (Å²) in [5.74, 6) is 0. The van der Waals surface area contributed by atoms with Crippen molar-refractivity contribution in [1.82, 2.24) is 0 Å². The molecule has 175 valence electrons. The van der Waals surface area contributed by atoms with Gasteiger partial charge in [0.2, 0.25) is 0 Å². The average Bonchev–Trinajstić information content (AvgIpc) is 2.58. The fourth-order valence-corrected chi connectivity index (χ4v) is 2.42. The summed E-state index contributed by atoms with van der Waals surface area (Å²) in [5, 5.41) is 108. The second-order valence-electron chi connectivity index (χ2n) is 5.89. The van der Waals surface area contributed by atoms with Crippen LogP contribution in [0.1, 0.15) is 0 Å². The molecule has 0 aliphatic heterocycles. The molecule has 15 heteroatoms. The predicted octanol–water partition coefficient (Wildman–Crippen LogP) is -7.68. The molecule has 0 aromatic heterocycles. The molecule has 2 aliphatic rings. The quantitative estimate of drug-likeness (QED) is 0.126. The zero-order valence-corrected chi connectivity index (χ0v) is 16.0. The van der Waals surface area contributed by atoms with Gasteiger partial charge in [-0.25, -0.2) is 0 Å². The van der Waals surface area contributed by atoms with Crippen LogP contribution in [0.3, 0.4) is 0 Å². The van der Waals surface area contributed by atoms with Gasteiger partial charge < -0.3 is 61.3 Å². The summed E-state index contributed by atoms with van der Waals surface area (Å²) < 4.78 is 0. The van der Waals surface area contributed by atoms with Gasteiger partial charge in [0.1, 0.15) is 73.2 Å². The van der Waals surface area contributed by atoms with E-state index in [0.29, 0.717) is 0 Å². The van der Waals surface area contributed by atoms with Crippen molar-refractivity contribution in [1.29, 1.82) is 0 Å². The molecule has 2 saturated carbocycles. The van der Waals surface area contributed by atoms with Crippen LogP contribution < -0.4 is 0 Å². The molecule has 27 heavy (non-hydrogen) atoms. The molecular formula is C12H24Cu3O12+2. The first-order valence-corrected chi connectivity index (χ1v) is 7.10. The fourth-order valence-electron chi connectivity index (χ4n) is 2.42. The van der Waals surface area contributed by atoms with Gasteiger partial charge in [0, 0.05) is 34.1 Å². The molecule has 2 fully saturated rings. The maximum absolute atomic E-state index is 8.97. The third-order valence-electron chi connectivity index (χ3n) is 4.20. The van der Waals surface area contributed by atoms with E-state index in [-0.39, 0.29) is 51.2 Å². The fraction of sp³-hybridized carbons (Fsp3) is 1.00. The Balaban J connectivity index is -0.000000384. The maximum atomic E-state index is 8.97. The summed E-state index contributed by atoms with van der Waals surface area (Å²) in [6.07, 6.45) is -19.7. The van der Waals surface area contributed by atoms with E-state index in [1.54, 1.807) is 0 Å². The van der Waals surface area contributed by atoms with E-state index in [1.165, 1.54) is 0 Å². The summed E-state index contributed by atoms with van der Waals surface area (Å²) in [6.45, 7) is 0. The molecule has 0 atom stereocenters. The molecule has 0 spiro atoms. The Morgan fingerprint density at radius 1 is 0.222 bits per heavy atom. The van der Waals surface area contributed by atoms with E-state index in [1.807, 2.05) is 0 Å². The average molecular weight is 551 g/mol. The molecule has 2 aliphatic carbocycles. The van der Waals surface area contributed by atoms with Crippen molar-refractivity contribution in [3.8, 4) is 0 Å².